The molecule has 0 radical (unpaired) electrons. The fraction of sp³-hybridized carbons (Fsp3) is 0.250. The maximum absolute atomic E-state index is 12.5. The van der Waals surface area contributed by atoms with E-state index in [9.17, 15) is 9.59 Å². The minimum absolute atomic E-state index is 0.300. The first kappa shape index (κ1) is 19.0. The Morgan fingerprint density at radius 1 is 1.08 bits per heavy atom. The molecule has 0 bridgehead atoms. The third-order valence-electron chi connectivity index (χ3n) is 4.04. The Hall–Kier alpha value is -3.33. The van der Waals surface area contributed by atoms with E-state index in [1.807, 2.05) is 18.2 Å². The summed E-state index contributed by atoms with van der Waals surface area (Å²) in [6.45, 7) is 3.38. The highest BCUT2D eigenvalue weighted by Crippen LogP contribution is 2.21. The predicted molar refractivity (Wildman–Crippen MR) is 98.4 cm³/mol. The zero-order valence-corrected chi connectivity index (χ0v) is 15.0. The lowest BCUT2D eigenvalue weighted by Crippen LogP contribution is -2.45. The van der Waals surface area contributed by atoms with Gasteiger partial charge in [0.1, 0.15) is 17.2 Å². The molecule has 26 heavy (non-hydrogen) atoms. The number of amides is 2. The summed E-state index contributed by atoms with van der Waals surface area (Å²) in [5.74, 6) is -0.149. The Labute approximate surface area is 152 Å². The highest BCUT2D eigenvalue weighted by atomic mass is 16.5. The van der Waals surface area contributed by atoms with Gasteiger partial charge in [-0.2, -0.15) is 5.26 Å². The largest absolute Gasteiger partial charge is 0.497 e. The number of benzene rings is 2. The molecule has 2 aromatic rings. The third-order valence-corrected chi connectivity index (χ3v) is 4.04. The summed E-state index contributed by atoms with van der Waals surface area (Å²) in [6.07, 6.45) is 0. The van der Waals surface area contributed by atoms with Gasteiger partial charge >= 0.3 is 0 Å². The maximum atomic E-state index is 12.5. The van der Waals surface area contributed by atoms with E-state index in [1.165, 1.54) is 0 Å². The standard InChI is InChI=1S/C20H21N3O3/c1-20(2,19(25)23-17-7-5-4-6-15(17)12-21)18(24)22-13-14-8-10-16(26-3)11-9-14/h4-11H,13H2,1-3H3,(H,22,24)(H,23,25). The van der Waals surface area contributed by atoms with Gasteiger partial charge in [0.25, 0.3) is 0 Å². The molecule has 0 aliphatic heterocycles. The number of anilines is 1. The van der Waals surface area contributed by atoms with Crippen LogP contribution in [0.5, 0.6) is 5.75 Å². The number of nitriles is 1. The number of rotatable bonds is 6. The van der Waals surface area contributed by atoms with Crippen molar-refractivity contribution >= 4 is 17.5 Å². The van der Waals surface area contributed by atoms with E-state index in [2.05, 4.69) is 10.6 Å². The molecule has 0 saturated carbocycles. The summed E-state index contributed by atoms with van der Waals surface area (Å²) in [7, 11) is 1.59. The lowest BCUT2D eigenvalue weighted by atomic mass is 9.90. The van der Waals surface area contributed by atoms with Crippen LogP contribution in [0.15, 0.2) is 48.5 Å². The van der Waals surface area contributed by atoms with Crippen LogP contribution in [0.3, 0.4) is 0 Å². The molecular formula is C20H21N3O3. The van der Waals surface area contributed by atoms with Gasteiger partial charge in [-0.1, -0.05) is 24.3 Å². The van der Waals surface area contributed by atoms with E-state index in [1.54, 1.807) is 57.4 Å². The predicted octanol–water partition coefficient (Wildman–Crippen LogP) is 2.85. The topological polar surface area (TPSA) is 91.2 Å². The molecule has 2 N–H and O–H groups in total. The fourth-order valence-corrected chi connectivity index (χ4v) is 2.22. The van der Waals surface area contributed by atoms with Crippen molar-refractivity contribution in [2.45, 2.75) is 20.4 Å². The first-order valence-corrected chi connectivity index (χ1v) is 8.10. The number of para-hydroxylation sites is 1. The van der Waals surface area contributed by atoms with E-state index in [0.29, 0.717) is 17.8 Å². The van der Waals surface area contributed by atoms with Crippen LogP contribution in [0.2, 0.25) is 0 Å². The molecule has 0 fully saturated rings. The minimum atomic E-state index is -1.30. The molecule has 134 valence electrons. The van der Waals surface area contributed by atoms with Crippen LogP contribution in [0.25, 0.3) is 0 Å². The molecule has 0 aliphatic rings. The van der Waals surface area contributed by atoms with E-state index in [0.717, 1.165) is 11.3 Å². The molecule has 6 nitrogen and oxygen atoms in total. The van der Waals surface area contributed by atoms with Gasteiger partial charge in [-0.05, 0) is 43.7 Å². The number of carbonyl (C=O) groups excluding carboxylic acids is 2. The average Bonchev–Trinajstić information content (AvgIpc) is 2.66. The number of nitrogens with one attached hydrogen (secondary N) is 2. The van der Waals surface area contributed by atoms with Crippen molar-refractivity contribution in [3.05, 3.63) is 59.7 Å². The first-order chi connectivity index (χ1) is 12.4. The number of hydrogen-bond donors (Lipinski definition) is 2. The maximum Gasteiger partial charge on any atom is 0.239 e. The van der Waals surface area contributed by atoms with Crippen LogP contribution in [0.4, 0.5) is 5.69 Å². The molecule has 2 rings (SSSR count). The number of carbonyl (C=O) groups is 2. The van der Waals surface area contributed by atoms with Gasteiger partial charge in [-0.15, -0.1) is 0 Å². The summed E-state index contributed by atoms with van der Waals surface area (Å²) in [5.41, 5.74) is 0.325. The third kappa shape index (κ3) is 4.39. The Bertz CT molecular complexity index is 836. The SMILES string of the molecule is COc1ccc(CNC(=O)C(C)(C)C(=O)Nc2ccccc2C#N)cc1. The van der Waals surface area contributed by atoms with Crippen LogP contribution < -0.4 is 15.4 Å². The van der Waals surface area contributed by atoms with E-state index in [-0.39, 0.29) is 0 Å². The lowest BCUT2D eigenvalue weighted by molar-refractivity contribution is -0.138. The highest BCUT2D eigenvalue weighted by molar-refractivity contribution is 6.10. The molecule has 0 saturated heterocycles. The van der Waals surface area contributed by atoms with Crippen molar-refractivity contribution in [2.24, 2.45) is 5.41 Å². The number of hydrogen-bond acceptors (Lipinski definition) is 4. The molecule has 0 unspecified atom stereocenters. The van der Waals surface area contributed by atoms with E-state index in [4.69, 9.17) is 10.00 Å². The van der Waals surface area contributed by atoms with Gasteiger partial charge in [0.05, 0.1) is 18.4 Å². The summed E-state index contributed by atoms with van der Waals surface area (Å²) >= 11 is 0. The number of ether oxygens (including phenoxy) is 1. The van der Waals surface area contributed by atoms with E-state index >= 15 is 0 Å². The quantitative estimate of drug-likeness (QED) is 0.783. The molecule has 0 aliphatic carbocycles. The van der Waals surface area contributed by atoms with Crippen molar-refractivity contribution in [3.8, 4) is 11.8 Å². The Balaban J connectivity index is 2.01. The second-order valence-corrected chi connectivity index (χ2v) is 6.27. The normalized spacial score (nSPS) is 10.5. The van der Waals surface area contributed by atoms with Crippen LogP contribution in [0, 0.1) is 16.7 Å². The van der Waals surface area contributed by atoms with Crippen LogP contribution >= 0.6 is 0 Å². The zero-order chi connectivity index (χ0) is 19.2. The second kappa shape index (κ2) is 8.17. The summed E-state index contributed by atoms with van der Waals surface area (Å²) in [6, 6.07) is 16.0. The highest BCUT2D eigenvalue weighted by Gasteiger charge is 2.36. The molecule has 6 heteroatoms. The average molecular weight is 351 g/mol. The molecule has 0 spiro atoms. The van der Waals surface area contributed by atoms with Gasteiger partial charge in [-0.3, -0.25) is 9.59 Å². The van der Waals surface area contributed by atoms with Crippen molar-refractivity contribution in [3.63, 3.8) is 0 Å². The van der Waals surface area contributed by atoms with E-state index < -0.39 is 17.2 Å². The monoisotopic (exact) mass is 351 g/mol. The smallest absolute Gasteiger partial charge is 0.239 e. The molecule has 2 aromatic carbocycles. The minimum Gasteiger partial charge on any atom is -0.497 e. The van der Waals surface area contributed by atoms with Crippen molar-refractivity contribution in [1.82, 2.24) is 5.32 Å². The summed E-state index contributed by atoms with van der Waals surface area (Å²) in [4.78, 5) is 25.0. The molecule has 0 atom stereocenters. The molecule has 0 heterocycles. The zero-order valence-electron chi connectivity index (χ0n) is 15.0. The summed E-state index contributed by atoms with van der Waals surface area (Å²) in [5, 5.41) is 14.5. The number of methoxy groups -OCH3 is 1. The van der Waals surface area contributed by atoms with Gasteiger partial charge in [0.15, 0.2) is 0 Å². The molecule has 0 aromatic heterocycles. The lowest BCUT2D eigenvalue weighted by Gasteiger charge is -2.23. The number of nitrogens with zero attached hydrogens (tertiary/aromatic N) is 1. The van der Waals surface area contributed by atoms with Gasteiger partial charge < -0.3 is 15.4 Å². The summed E-state index contributed by atoms with van der Waals surface area (Å²) < 4.78 is 5.09. The van der Waals surface area contributed by atoms with Gasteiger partial charge in [0, 0.05) is 6.54 Å². The second-order valence-electron chi connectivity index (χ2n) is 6.27. The van der Waals surface area contributed by atoms with Crippen molar-refractivity contribution < 1.29 is 14.3 Å². The van der Waals surface area contributed by atoms with Crippen LogP contribution in [0.1, 0.15) is 25.0 Å². The Kier molecular flexibility index (Phi) is 5.97. The van der Waals surface area contributed by atoms with Crippen molar-refractivity contribution in [1.29, 1.82) is 5.26 Å². The molecular weight excluding hydrogens is 330 g/mol. The molecule has 2 amide bonds. The Morgan fingerprint density at radius 3 is 2.35 bits per heavy atom. The van der Waals surface area contributed by atoms with Crippen molar-refractivity contribution in [2.75, 3.05) is 12.4 Å². The van der Waals surface area contributed by atoms with Gasteiger partial charge in [-0.25, -0.2) is 0 Å². The fourth-order valence-electron chi connectivity index (χ4n) is 2.22. The van der Waals surface area contributed by atoms with Gasteiger partial charge in [0.2, 0.25) is 11.8 Å². The van der Waals surface area contributed by atoms with Crippen LogP contribution in [-0.2, 0) is 16.1 Å². The first-order valence-electron chi connectivity index (χ1n) is 8.10. The van der Waals surface area contributed by atoms with Crippen LogP contribution in [-0.4, -0.2) is 18.9 Å². The Morgan fingerprint density at radius 2 is 1.73 bits per heavy atom.